The maximum absolute atomic E-state index is 12.5. The van der Waals surface area contributed by atoms with Crippen molar-refractivity contribution in [2.24, 2.45) is 0 Å². The molecule has 0 heterocycles. The molecule has 2 atom stereocenters. The van der Waals surface area contributed by atoms with E-state index in [2.05, 4.69) is 55.6 Å². The SMILES string of the molecule is CCCCC/C=C\C/C=C\CCCCCCCCCC(=O)OCCCCCCCCCCC/C=C\CCCCCCCC(=O)NC(CO)C(O)CCCCCCCCCCCCCCCC. The van der Waals surface area contributed by atoms with E-state index in [9.17, 15) is 19.8 Å². The molecule has 388 valence electrons. The summed E-state index contributed by atoms with van der Waals surface area (Å²) in [6.45, 7) is 4.91. The molecule has 0 fully saturated rings. The van der Waals surface area contributed by atoms with Gasteiger partial charge < -0.3 is 20.3 Å². The highest BCUT2D eigenvalue weighted by Gasteiger charge is 2.20. The van der Waals surface area contributed by atoms with E-state index in [1.807, 2.05) is 0 Å². The van der Waals surface area contributed by atoms with E-state index in [-0.39, 0.29) is 18.5 Å². The highest BCUT2D eigenvalue weighted by molar-refractivity contribution is 5.76. The number of nitrogens with one attached hydrogen (secondary N) is 1. The molecule has 0 aromatic rings. The van der Waals surface area contributed by atoms with Crippen molar-refractivity contribution in [2.75, 3.05) is 13.2 Å². The van der Waals surface area contributed by atoms with Crippen LogP contribution in [0.25, 0.3) is 0 Å². The molecule has 0 saturated heterocycles. The van der Waals surface area contributed by atoms with Crippen LogP contribution in [0, 0.1) is 0 Å². The molecule has 0 rings (SSSR count). The number of esters is 1. The van der Waals surface area contributed by atoms with Gasteiger partial charge in [-0.15, -0.1) is 0 Å². The first-order valence-electron chi connectivity index (χ1n) is 29.2. The molecule has 6 nitrogen and oxygen atoms in total. The van der Waals surface area contributed by atoms with Gasteiger partial charge in [-0.05, 0) is 83.5 Å². The lowest BCUT2D eigenvalue weighted by molar-refractivity contribution is -0.143. The van der Waals surface area contributed by atoms with Gasteiger partial charge in [-0.25, -0.2) is 0 Å². The van der Waals surface area contributed by atoms with E-state index in [4.69, 9.17) is 4.74 Å². The molecular weight excluding hydrogens is 815 g/mol. The van der Waals surface area contributed by atoms with Crippen molar-refractivity contribution in [3.05, 3.63) is 36.5 Å². The Hall–Kier alpha value is -1.92. The third-order valence-corrected chi connectivity index (χ3v) is 13.4. The van der Waals surface area contributed by atoms with Crippen LogP contribution in [-0.4, -0.2) is 47.4 Å². The summed E-state index contributed by atoms with van der Waals surface area (Å²) in [4.78, 5) is 24.5. The van der Waals surface area contributed by atoms with Crippen molar-refractivity contribution in [1.29, 1.82) is 0 Å². The zero-order chi connectivity index (χ0) is 47.9. The van der Waals surface area contributed by atoms with Crippen molar-refractivity contribution in [3.8, 4) is 0 Å². The summed E-state index contributed by atoms with van der Waals surface area (Å²) in [5.74, 6) is -0.0540. The van der Waals surface area contributed by atoms with Gasteiger partial charge in [-0.1, -0.05) is 249 Å². The predicted molar refractivity (Wildman–Crippen MR) is 287 cm³/mol. The van der Waals surface area contributed by atoms with Crippen LogP contribution in [0.3, 0.4) is 0 Å². The van der Waals surface area contributed by atoms with Gasteiger partial charge in [0.05, 0.1) is 25.4 Å². The molecule has 0 aliphatic carbocycles. The van der Waals surface area contributed by atoms with Crippen molar-refractivity contribution >= 4 is 11.9 Å². The van der Waals surface area contributed by atoms with Gasteiger partial charge in [0.1, 0.15) is 0 Å². The standard InChI is InChI=1S/C60H113NO5/c1-3-5-7-9-11-13-15-17-19-22-26-30-34-38-42-46-50-54-60(65)66-55-51-47-43-39-35-31-27-24-21-20-23-25-29-33-37-41-45-49-53-59(64)61-57(56-62)58(63)52-48-44-40-36-32-28-18-16-14-12-10-8-6-4-2/h11,13,17,19,23,25,57-58,62-63H,3-10,12,14-16,18,20-22,24,26-56H2,1-2H3,(H,61,64)/b13-11-,19-17-,25-23-. The van der Waals surface area contributed by atoms with Crippen molar-refractivity contribution in [3.63, 3.8) is 0 Å². The van der Waals surface area contributed by atoms with Crippen molar-refractivity contribution in [1.82, 2.24) is 5.32 Å². The van der Waals surface area contributed by atoms with Gasteiger partial charge in [0.15, 0.2) is 0 Å². The highest BCUT2D eigenvalue weighted by atomic mass is 16.5. The number of rotatable bonds is 54. The van der Waals surface area contributed by atoms with Crippen molar-refractivity contribution in [2.45, 2.75) is 321 Å². The molecule has 3 N–H and O–H groups in total. The zero-order valence-corrected chi connectivity index (χ0v) is 44.2. The molecule has 0 saturated carbocycles. The number of amides is 1. The van der Waals surface area contributed by atoms with Gasteiger partial charge in [-0.3, -0.25) is 9.59 Å². The Kier molecular flexibility index (Phi) is 54.1. The second kappa shape index (κ2) is 55.7. The lowest BCUT2D eigenvalue weighted by Crippen LogP contribution is -2.45. The minimum atomic E-state index is -0.673. The molecular formula is C60H113NO5. The van der Waals surface area contributed by atoms with E-state index in [0.717, 1.165) is 64.2 Å². The van der Waals surface area contributed by atoms with E-state index in [0.29, 0.717) is 25.9 Å². The Morgan fingerprint density at radius 1 is 0.424 bits per heavy atom. The fourth-order valence-corrected chi connectivity index (χ4v) is 8.90. The summed E-state index contributed by atoms with van der Waals surface area (Å²) < 4.78 is 5.48. The monoisotopic (exact) mass is 928 g/mol. The van der Waals surface area contributed by atoms with Gasteiger partial charge in [-0.2, -0.15) is 0 Å². The van der Waals surface area contributed by atoms with Gasteiger partial charge in [0.2, 0.25) is 5.91 Å². The third kappa shape index (κ3) is 51.5. The molecule has 0 bridgehead atoms. The summed E-state index contributed by atoms with van der Waals surface area (Å²) in [5.41, 5.74) is 0. The van der Waals surface area contributed by atoms with Crippen LogP contribution < -0.4 is 5.32 Å². The molecule has 0 spiro atoms. The van der Waals surface area contributed by atoms with E-state index in [1.165, 1.54) is 212 Å². The largest absolute Gasteiger partial charge is 0.466 e. The molecule has 66 heavy (non-hydrogen) atoms. The van der Waals surface area contributed by atoms with Crippen LogP contribution in [0.1, 0.15) is 309 Å². The average molecular weight is 929 g/mol. The second-order valence-corrected chi connectivity index (χ2v) is 20.0. The molecule has 0 radical (unpaired) electrons. The topological polar surface area (TPSA) is 95.9 Å². The van der Waals surface area contributed by atoms with E-state index < -0.39 is 12.1 Å². The maximum Gasteiger partial charge on any atom is 0.305 e. The highest BCUT2D eigenvalue weighted by Crippen LogP contribution is 2.17. The minimum Gasteiger partial charge on any atom is -0.466 e. The van der Waals surface area contributed by atoms with Crippen LogP contribution in [0.4, 0.5) is 0 Å². The van der Waals surface area contributed by atoms with E-state index >= 15 is 0 Å². The van der Waals surface area contributed by atoms with Gasteiger partial charge in [0, 0.05) is 12.8 Å². The Morgan fingerprint density at radius 2 is 0.758 bits per heavy atom. The Labute approximate surface area is 411 Å². The predicted octanol–water partition coefficient (Wildman–Crippen LogP) is 18.0. The van der Waals surface area contributed by atoms with Crippen LogP contribution in [-0.2, 0) is 14.3 Å². The smallest absolute Gasteiger partial charge is 0.305 e. The van der Waals surface area contributed by atoms with Crippen LogP contribution in [0.5, 0.6) is 0 Å². The van der Waals surface area contributed by atoms with Gasteiger partial charge >= 0.3 is 5.97 Å². The molecule has 0 aliphatic heterocycles. The maximum atomic E-state index is 12.5. The number of carbonyl (C=O) groups is 2. The van der Waals surface area contributed by atoms with Crippen LogP contribution >= 0.6 is 0 Å². The molecule has 0 aromatic carbocycles. The zero-order valence-electron chi connectivity index (χ0n) is 44.2. The number of carbonyl (C=O) groups excluding carboxylic acids is 2. The van der Waals surface area contributed by atoms with E-state index in [1.54, 1.807) is 0 Å². The molecule has 1 amide bonds. The third-order valence-electron chi connectivity index (χ3n) is 13.4. The fourth-order valence-electron chi connectivity index (χ4n) is 8.90. The number of aliphatic hydroxyl groups is 2. The first-order chi connectivity index (χ1) is 32.5. The average Bonchev–Trinajstić information content (AvgIpc) is 3.32. The lowest BCUT2D eigenvalue weighted by Gasteiger charge is -2.22. The lowest BCUT2D eigenvalue weighted by atomic mass is 10.0. The number of unbranched alkanes of at least 4 members (excludes halogenated alkanes) is 37. The second-order valence-electron chi connectivity index (χ2n) is 20.0. The molecule has 0 aromatic heterocycles. The molecule has 6 heteroatoms. The Balaban J connectivity index is 3.44. The summed E-state index contributed by atoms with van der Waals surface area (Å²) in [7, 11) is 0. The summed E-state index contributed by atoms with van der Waals surface area (Å²) >= 11 is 0. The van der Waals surface area contributed by atoms with Crippen LogP contribution in [0.2, 0.25) is 0 Å². The van der Waals surface area contributed by atoms with Gasteiger partial charge in [0.25, 0.3) is 0 Å². The Morgan fingerprint density at radius 3 is 1.20 bits per heavy atom. The minimum absolute atomic E-state index is 0.00486. The van der Waals surface area contributed by atoms with Crippen LogP contribution in [0.15, 0.2) is 36.5 Å². The summed E-state index contributed by atoms with van der Waals surface area (Å²) in [6.07, 6.45) is 68.4. The number of aliphatic hydroxyl groups excluding tert-OH is 2. The first kappa shape index (κ1) is 64.1. The summed E-state index contributed by atoms with van der Waals surface area (Å²) in [5, 5.41) is 23.2. The Bertz CT molecular complexity index is 1070. The quantitative estimate of drug-likeness (QED) is 0.0321. The molecule has 2 unspecified atom stereocenters. The molecule has 0 aliphatic rings. The normalized spacial score (nSPS) is 12.8. The number of ether oxygens (including phenoxy) is 1. The summed E-state index contributed by atoms with van der Waals surface area (Å²) in [6, 6.07) is -0.552. The number of allylic oxidation sites excluding steroid dienone is 6. The van der Waals surface area contributed by atoms with Crippen molar-refractivity contribution < 1.29 is 24.5 Å². The first-order valence-corrected chi connectivity index (χ1v) is 29.2. The number of hydrogen-bond donors (Lipinski definition) is 3. The number of hydrogen-bond acceptors (Lipinski definition) is 5. The fraction of sp³-hybridized carbons (Fsp3) is 0.867.